The number of aromatic nitrogens is 2. The van der Waals surface area contributed by atoms with Crippen LogP contribution in [0.25, 0.3) is 0 Å². The van der Waals surface area contributed by atoms with Crippen LogP contribution in [0.15, 0.2) is 42.7 Å². The van der Waals surface area contributed by atoms with Gasteiger partial charge < -0.3 is 5.32 Å². The molecule has 3 nitrogen and oxygen atoms in total. The summed E-state index contributed by atoms with van der Waals surface area (Å²) in [4.78, 5) is 0. The number of rotatable bonds is 4. The Kier molecular flexibility index (Phi) is 3.37. The van der Waals surface area contributed by atoms with Gasteiger partial charge in [0.1, 0.15) is 0 Å². The Bertz CT molecular complexity index is 433. The van der Waals surface area contributed by atoms with Crippen molar-refractivity contribution in [2.45, 2.75) is 19.5 Å². The van der Waals surface area contributed by atoms with E-state index < -0.39 is 0 Å². The Morgan fingerprint density at radius 3 is 2.75 bits per heavy atom. The van der Waals surface area contributed by atoms with Crippen molar-refractivity contribution in [3.8, 4) is 0 Å². The minimum absolute atomic E-state index is 0.351. The molecule has 84 valence electrons. The first-order valence-corrected chi connectivity index (χ1v) is 5.53. The molecule has 1 aromatic heterocycles. The number of nitrogens with one attached hydrogen (secondary N) is 1. The summed E-state index contributed by atoms with van der Waals surface area (Å²) in [5.41, 5.74) is 2.49. The van der Waals surface area contributed by atoms with Gasteiger partial charge in [0.05, 0.1) is 12.7 Å². The average molecular weight is 215 g/mol. The van der Waals surface area contributed by atoms with E-state index in [0.717, 1.165) is 6.54 Å². The van der Waals surface area contributed by atoms with Crippen molar-refractivity contribution in [2.24, 2.45) is 0 Å². The Labute approximate surface area is 96.1 Å². The van der Waals surface area contributed by atoms with E-state index in [1.807, 2.05) is 24.0 Å². The number of nitrogens with zero attached hydrogens (tertiary/aromatic N) is 2. The van der Waals surface area contributed by atoms with Gasteiger partial charge in [-0.05, 0) is 19.5 Å². The molecule has 1 N–H and O–H groups in total. The van der Waals surface area contributed by atoms with Gasteiger partial charge in [-0.1, -0.05) is 30.3 Å². The van der Waals surface area contributed by atoms with Crippen LogP contribution in [0.3, 0.4) is 0 Å². The van der Waals surface area contributed by atoms with Crippen LogP contribution in [-0.2, 0) is 6.54 Å². The fourth-order valence-corrected chi connectivity index (χ4v) is 1.63. The monoisotopic (exact) mass is 215 g/mol. The average Bonchev–Trinajstić information content (AvgIpc) is 2.78. The van der Waals surface area contributed by atoms with Gasteiger partial charge in [-0.2, -0.15) is 5.10 Å². The van der Waals surface area contributed by atoms with Crippen molar-refractivity contribution >= 4 is 0 Å². The molecule has 0 aliphatic carbocycles. The van der Waals surface area contributed by atoms with Crippen LogP contribution >= 0.6 is 0 Å². The third-order valence-corrected chi connectivity index (χ3v) is 2.77. The highest BCUT2D eigenvalue weighted by Gasteiger charge is 2.05. The minimum atomic E-state index is 0.351. The van der Waals surface area contributed by atoms with Gasteiger partial charge in [-0.15, -0.1) is 0 Å². The van der Waals surface area contributed by atoms with E-state index in [2.05, 4.69) is 47.8 Å². The second-order valence-electron chi connectivity index (χ2n) is 3.97. The number of benzene rings is 1. The quantitative estimate of drug-likeness (QED) is 0.847. The molecule has 2 aromatic rings. The summed E-state index contributed by atoms with van der Waals surface area (Å²) in [6.45, 7) is 2.96. The van der Waals surface area contributed by atoms with Gasteiger partial charge in [0.25, 0.3) is 0 Å². The maximum atomic E-state index is 4.36. The molecule has 0 aliphatic heterocycles. The van der Waals surface area contributed by atoms with Crippen LogP contribution in [0.5, 0.6) is 0 Å². The lowest BCUT2D eigenvalue weighted by molar-refractivity contribution is 0.646. The van der Waals surface area contributed by atoms with Gasteiger partial charge >= 0.3 is 0 Å². The van der Waals surface area contributed by atoms with E-state index >= 15 is 0 Å². The summed E-state index contributed by atoms with van der Waals surface area (Å²) >= 11 is 0. The van der Waals surface area contributed by atoms with Crippen molar-refractivity contribution < 1.29 is 0 Å². The first kappa shape index (κ1) is 10.9. The van der Waals surface area contributed by atoms with Gasteiger partial charge in [0.2, 0.25) is 0 Å². The van der Waals surface area contributed by atoms with Gasteiger partial charge in [-0.25, -0.2) is 0 Å². The largest absolute Gasteiger partial charge is 0.313 e. The van der Waals surface area contributed by atoms with E-state index in [9.17, 15) is 0 Å². The normalized spacial score (nSPS) is 12.6. The molecular weight excluding hydrogens is 198 g/mol. The zero-order valence-corrected chi connectivity index (χ0v) is 9.72. The molecule has 0 radical (unpaired) electrons. The summed E-state index contributed by atoms with van der Waals surface area (Å²) in [6, 6.07) is 10.7. The molecule has 0 bridgehead atoms. The SMILES string of the molecule is CNC(C)c1cnn(Cc2ccccc2)c1. The van der Waals surface area contributed by atoms with Gasteiger partial charge in [0, 0.05) is 17.8 Å². The fourth-order valence-electron chi connectivity index (χ4n) is 1.63. The maximum absolute atomic E-state index is 4.36. The van der Waals surface area contributed by atoms with Crippen LogP contribution in [0.4, 0.5) is 0 Å². The molecule has 1 unspecified atom stereocenters. The third-order valence-electron chi connectivity index (χ3n) is 2.77. The van der Waals surface area contributed by atoms with Crippen LogP contribution < -0.4 is 5.32 Å². The molecule has 16 heavy (non-hydrogen) atoms. The summed E-state index contributed by atoms with van der Waals surface area (Å²) in [5, 5.41) is 7.56. The van der Waals surface area contributed by atoms with Crippen LogP contribution in [-0.4, -0.2) is 16.8 Å². The Morgan fingerprint density at radius 2 is 2.06 bits per heavy atom. The Morgan fingerprint density at radius 1 is 1.31 bits per heavy atom. The fraction of sp³-hybridized carbons (Fsp3) is 0.308. The molecular formula is C13H17N3. The first-order chi connectivity index (χ1) is 7.79. The predicted molar refractivity (Wildman–Crippen MR) is 65.2 cm³/mol. The standard InChI is InChI=1S/C13H17N3/c1-11(14-2)13-8-15-16(10-13)9-12-6-4-3-5-7-12/h3-8,10-11,14H,9H2,1-2H3. The first-order valence-electron chi connectivity index (χ1n) is 5.53. The lowest BCUT2D eigenvalue weighted by Crippen LogP contribution is -2.11. The van der Waals surface area contributed by atoms with Crippen molar-refractivity contribution in [1.82, 2.24) is 15.1 Å². The van der Waals surface area contributed by atoms with E-state index in [-0.39, 0.29) is 0 Å². The van der Waals surface area contributed by atoms with Crippen molar-refractivity contribution in [2.75, 3.05) is 7.05 Å². The van der Waals surface area contributed by atoms with E-state index in [0.29, 0.717) is 6.04 Å². The highest BCUT2D eigenvalue weighted by Crippen LogP contribution is 2.11. The summed E-state index contributed by atoms with van der Waals surface area (Å²) in [5.74, 6) is 0. The second kappa shape index (κ2) is 4.94. The summed E-state index contributed by atoms with van der Waals surface area (Å²) in [6.07, 6.45) is 4.01. The number of hydrogen-bond donors (Lipinski definition) is 1. The lowest BCUT2D eigenvalue weighted by atomic mass is 10.2. The molecule has 2 rings (SSSR count). The van der Waals surface area contributed by atoms with E-state index in [1.54, 1.807) is 0 Å². The molecule has 0 amide bonds. The highest BCUT2D eigenvalue weighted by atomic mass is 15.3. The van der Waals surface area contributed by atoms with Crippen molar-refractivity contribution in [3.05, 3.63) is 53.9 Å². The molecule has 0 saturated carbocycles. The summed E-state index contributed by atoms with van der Waals surface area (Å²) in [7, 11) is 1.96. The lowest BCUT2D eigenvalue weighted by Gasteiger charge is -2.05. The molecule has 0 saturated heterocycles. The molecule has 0 fully saturated rings. The Balaban J connectivity index is 2.09. The zero-order chi connectivity index (χ0) is 11.4. The van der Waals surface area contributed by atoms with Gasteiger partial charge in [0.15, 0.2) is 0 Å². The van der Waals surface area contributed by atoms with Crippen molar-refractivity contribution in [1.29, 1.82) is 0 Å². The molecule has 3 heteroatoms. The molecule has 0 aliphatic rings. The van der Waals surface area contributed by atoms with E-state index in [1.165, 1.54) is 11.1 Å². The zero-order valence-electron chi connectivity index (χ0n) is 9.72. The molecule has 1 aromatic carbocycles. The van der Waals surface area contributed by atoms with Gasteiger partial charge in [-0.3, -0.25) is 4.68 Å². The predicted octanol–water partition coefficient (Wildman–Crippen LogP) is 2.21. The van der Waals surface area contributed by atoms with Crippen LogP contribution in [0.1, 0.15) is 24.1 Å². The van der Waals surface area contributed by atoms with Crippen LogP contribution in [0.2, 0.25) is 0 Å². The Hall–Kier alpha value is -1.61. The smallest absolute Gasteiger partial charge is 0.0659 e. The maximum Gasteiger partial charge on any atom is 0.0659 e. The third kappa shape index (κ3) is 2.49. The number of hydrogen-bond acceptors (Lipinski definition) is 2. The van der Waals surface area contributed by atoms with Crippen LogP contribution in [0, 0.1) is 0 Å². The highest BCUT2D eigenvalue weighted by molar-refractivity contribution is 5.16. The van der Waals surface area contributed by atoms with E-state index in [4.69, 9.17) is 0 Å². The molecule has 1 heterocycles. The van der Waals surface area contributed by atoms with Crippen molar-refractivity contribution in [3.63, 3.8) is 0 Å². The summed E-state index contributed by atoms with van der Waals surface area (Å²) < 4.78 is 1.97. The molecule has 0 spiro atoms. The topological polar surface area (TPSA) is 29.9 Å². The minimum Gasteiger partial charge on any atom is -0.313 e. The molecule has 1 atom stereocenters. The second-order valence-corrected chi connectivity index (χ2v) is 3.97.